The van der Waals surface area contributed by atoms with Crippen molar-refractivity contribution in [2.75, 3.05) is 18.4 Å². The Morgan fingerprint density at radius 1 is 1.21 bits per heavy atom. The van der Waals surface area contributed by atoms with Gasteiger partial charge < -0.3 is 10.2 Å². The number of aromatic nitrogens is 5. The van der Waals surface area contributed by atoms with Crippen LogP contribution in [0, 0.1) is 5.92 Å². The van der Waals surface area contributed by atoms with Gasteiger partial charge in [-0.05, 0) is 30.9 Å². The Morgan fingerprint density at radius 3 is 2.58 bits per heavy atom. The molecule has 0 saturated carbocycles. The van der Waals surface area contributed by atoms with Crippen LogP contribution in [-0.2, 0) is 6.18 Å². The smallest absolute Gasteiger partial charge is 0.352 e. The van der Waals surface area contributed by atoms with E-state index in [9.17, 15) is 18.0 Å². The molecule has 0 spiro atoms. The average molecular weight is 480 g/mol. The highest BCUT2D eigenvalue weighted by molar-refractivity contribution is 6.34. The van der Waals surface area contributed by atoms with Crippen LogP contribution in [0.2, 0.25) is 5.02 Å². The highest BCUT2D eigenvalue weighted by atomic mass is 35.5. The summed E-state index contributed by atoms with van der Waals surface area (Å²) in [5, 5.41) is 11.5. The standard InChI is InChI=1S/C21H21ClF3N7O/c1-13-4-3-9-31(17(13)12-28-20-26-10-14(11-27-20)21(23,24)25)19(33)18-15(22)5-2-6-16(18)32-29-7-8-30-32/h2,5-8,10-11,13,17H,3-4,9,12H2,1H3,(H,26,27,28)/t13-,17?/m1/s1. The van der Waals surface area contributed by atoms with Crippen LogP contribution >= 0.6 is 11.6 Å². The molecule has 1 aliphatic rings. The van der Waals surface area contributed by atoms with Gasteiger partial charge in [0.1, 0.15) is 0 Å². The SMILES string of the molecule is C[C@@H]1CCCN(C(=O)c2c(Cl)cccc2-n2nccn2)C1CNc1ncc(C(F)(F)F)cn1. The van der Waals surface area contributed by atoms with Crippen LogP contribution in [0.3, 0.4) is 0 Å². The number of carbonyl (C=O) groups excluding carboxylic acids is 1. The normalized spacial score (nSPS) is 18.9. The van der Waals surface area contributed by atoms with Crippen molar-refractivity contribution in [1.82, 2.24) is 29.9 Å². The van der Waals surface area contributed by atoms with Crippen LogP contribution in [0.25, 0.3) is 5.69 Å². The Bertz CT molecular complexity index is 1110. The van der Waals surface area contributed by atoms with E-state index in [0.29, 0.717) is 17.8 Å². The molecular weight excluding hydrogens is 459 g/mol. The molecule has 2 atom stereocenters. The second-order valence-corrected chi connectivity index (χ2v) is 8.22. The van der Waals surface area contributed by atoms with Gasteiger partial charge in [0.15, 0.2) is 0 Å². The Hall–Kier alpha value is -3.21. The van der Waals surface area contributed by atoms with E-state index >= 15 is 0 Å². The zero-order chi connectivity index (χ0) is 23.6. The molecule has 3 aromatic rings. The second-order valence-electron chi connectivity index (χ2n) is 7.81. The molecule has 1 saturated heterocycles. The molecule has 1 aromatic carbocycles. The second kappa shape index (κ2) is 9.34. The minimum atomic E-state index is -4.50. The number of hydrogen-bond donors (Lipinski definition) is 1. The first-order valence-electron chi connectivity index (χ1n) is 10.3. The minimum Gasteiger partial charge on any atom is -0.352 e. The van der Waals surface area contributed by atoms with Crippen molar-refractivity contribution in [3.8, 4) is 5.69 Å². The van der Waals surface area contributed by atoms with Gasteiger partial charge in [0.2, 0.25) is 5.95 Å². The number of piperidine rings is 1. The van der Waals surface area contributed by atoms with Crippen molar-refractivity contribution < 1.29 is 18.0 Å². The lowest BCUT2D eigenvalue weighted by molar-refractivity contribution is -0.138. The highest BCUT2D eigenvalue weighted by Gasteiger charge is 2.35. The number of likely N-dealkylation sites (tertiary alicyclic amines) is 1. The Labute approximate surface area is 192 Å². The summed E-state index contributed by atoms with van der Waals surface area (Å²) in [6.45, 7) is 2.82. The number of carbonyl (C=O) groups is 1. The third kappa shape index (κ3) is 4.92. The summed E-state index contributed by atoms with van der Waals surface area (Å²) < 4.78 is 38.2. The molecule has 12 heteroatoms. The first-order chi connectivity index (χ1) is 15.8. The molecule has 3 heterocycles. The number of nitrogens with one attached hydrogen (secondary N) is 1. The van der Waals surface area contributed by atoms with E-state index in [1.165, 1.54) is 17.2 Å². The van der Waals surface area contributed by atoms with E-state index in [2.05, 4.69) is 25.5 Å². The van der Waals surface area contributed by atoms with Gasteiger partial charge in [-0.15, -0.1) is 0 Å². The lowest BCUT2D eigenvalue weighted by Gasteiger charge is -2.40. The molecule has 1 N–H and O–H groups in total. The first-order valence-corrected chi connectivity index (χ1v) is 10.7. The fraction of sp³-hybridized carbons (Fsp3) is 0.381. The zero-order valence-corrected chi connectivity index (χ0v) is 18.4. The summed E-state index contributed by atoms with van der Waals surface area (Å²) in [4.78, 5) is 24.2. The van der Waals surface area contributed by atoms with E-state index in [-0.39, 0.29) is 35.4 Å². The summed E-state index contributed by atoms with van der Waals surface area (Å²) in [6.07, 6.45) is 1.70. The van der Waals surface area contributed by atoms with Gasteiger partial charge in [0.05, 0.1) is 40.3 Å². The molecule has 0 radical (unpaired) electrons. The van der Waals surface area contributed by atoms with E-state index in [1.807, 2.05) is 6.92 Å². The quantitative estimate of drug-likeness (QED) is 0.593. The minimum absolute atomic E-state index is 0.0624. The number of nitrogens with zero attached hydrogens (tertiary/aromatic N) is 6. The zero-order valence-electron chi connectivity index (χ0n) is 17.6. The third-order valence-electron chi connectivity index (χ3n) is 5.66. The topological polar surface area (TPSA) is 88.8 Å². The fourth-order valence-electron chi connectivity index (χ4n) is 3.95. The van der Waals surface area contributed by atoms with Crippen molar-refractivity contribution in [3.63, 3.8) is 0 Å². The highest BCUT2D eigenvalue weighted by Crippen LogP contribution is 2.30. The van der Waals surface area contributed by atoms with Crippen LogP contribution in [0.5, 0.6) is 0 Å². The van der Waals surface area contributed by atoms with Crippen molar-refractivity contribution >= 4 is 23.5 Å². The molecule has 0 aliphatic carbocycles. The Morgan fingerprint density at radius 2 is 1.91 bits per heavy atom. The van der Waals surface area contributed by atoms with E-state index in [1.54, 1.807) is 23.1 Å². The van der Waals surface area contributed by atoms with E-state index in [4.69, 9.17) is 11.6 Å². The molecule has 4 rings (SSSR count). The number of anilines is 1. The molecular formula is C21H21ClF3N7O. The van der Waals surface area contributed by atoms with Crippen molar-refractivity contribution in [2.45, 2.75) is 32.0 Å². The summed E-state index contributed by atoms with van der Waals surface area (Å²) in [7, 11) is 0. The summed E-state index contributed by atoms with van der Waals surface area (Å²) in [6, 6.07) is 4.83. The molecule has 1 aliphatic heterocycles. The van der Waals surface area contributed by atoms with Gasteiger partial charge in [-0.3, -0.25) is 4.79 Å². The van der Waals surface area contributed by atoms with Crippen molar-refractivity contribution in [3.05, 3.63) is 59.1 Å². The van der Waals surface area contributed by atoms with Crippen LogP contribution in [0.4, 0.5) is 19.1 Å². The first kappa shape index (κ1) is 23.0. The molecule has 2 aromatic heterocycles. The van der Waals surface area contributed by atoms with E-state index in [0.717, 1.165) is 25.2 Å². The van der Waals surface area contributed by atoms with Crippen molar-refractivity contribution in [1.29, 1.82) is 0 Å². The van der Waals surface area contributed by atoms with Crippen LogP contribution in [0.15, 0.2) is 43.0 Å². The molecule has 0 bridgehead atoms. The lowest BCUT2D eigenvalue weighted by atomic mass is 9.90. The van der Waals surface area contributed by atoms with Gasteiger partial charge in [-0.25, -0.2) is 9.97 Å². The summed E-state index contributed by atoms with van der Waals surface area (Å²) in [5.41, 5.74) is -0.164. The molecule has 1 unspecified atom stereocenters. The van der Waals surface area contributed by atoms with Gasteiger partial charge in [0.25, 0.3) is 5.91 Å². The number of halogens is 4. The molecule has 1 amide bonds. The monoisotopic (exact) mass is 479 g/mol. The molecule has 1 fully saturated rings. The predicted molar refractivity (Wildman–Crippen MR) is 115 cm³/mol. The summed E-state index contributed by atoms with van der Waals surface area (Å²) in [5.74, 6) is -0.0645. The number of alkyl halides is 3. The molecule has 33 heavy (non-hydrogen) atoms. The molecule has 174 valence electrons. The predicted octanol–water partition coefficient (Wildman–Crippen LogP) is 4.08. The number of amides is 1. The summed E-state index contributed by atoms with van der Waals surface area (Å²) >= 11 is 6.43. The number of benzene rings is 1. The van der Waals surface area contributed by atoms with Gasteiger partial charge >= 0.3 is 6.18 Å². The van der Waals surface area contributed by atoms with Gasteiger partial charge in [0, 0.05) is 25.5 Å². The fourth-order valence-corrected chi connectivity index (χ4v) is 4.20. The van der Waals surface area contributed by atoms with Crippen LogP contribution in [0.1, 0.15) is 35.7 Å². The van der Waals surface area contributed by atoms with Crippen LogP contribution < -0.4 is 5.32 Å². The van der Waals surface area contributed by atoms with Gasteiger partial charge in [-0.1, -0.05) is 24.6 Å². The van der Waals surface area contributed by atoms with Gasteiger partial charge in [-0.2, -0.15) is 28.2 Å². The van der Waals surface area contributed by atoms with Crippen molar-refractivity contribution in [2.24, 2.45) is 5.92 Å². The Kier molecular flexibility index (Phi) is 6.50. The van der Waals surface area contributed by atoms with Crippen LogP contribution in [-0.4, -0.2) is 54.9 Å². The average Bonchev–Trinajstić information content (AvgIpc) is 3.32. The van der Waals surface area contributed by atoms with E-state index < -0.39 is 11.7 Å². The lowest BCUT2D eigenvalue weighted by Crippen LogP contribution is -2.51. The Balaban J connectivity index is 1.56. The largest absolute Gasteiger partial charge is 0.419 e. The number of hydrogen-bond acceptors (Lipinski definition) is 6. The maximum absolute atomic E-state index is 13.6. The third-order valence-corrected chi connectivity index (χ3v) is 5.98. The molecule has 8 nitrogen and oxygen atoms in total. The maximum atomic E-state index is 13.6. The number of rotatable bonds is 5. The maximum Gasteiger partial charge on any atom is 0.419 e.